The topological polar surface area (TPSA) is 21.3 Å². The van der Waals surface area contributed by atoms with E-state index in [1.54, 1.807) is 0 Å². The molecule has 0 spiro atoms. The zero-order valence-electron chi connectivity index (χ0n) is 11.5. The largest absolute Gasteiger partial charge is 0.380 e. The lowest BCUT2D eigenvalue weighted by Crippen LogP contribution is -2.20. The van der Waals surface area contributed by atoms with Crippen molar-refractivity contribution in [2.75, 3.05) is 19.8 Å². The summed E-state index contributed by atoms with van der Waals surface area (Å²) in [6.07, 6.45) is 0. The third-order valence-electron chi connectivity index (χ3n) is 2.48. The average Bonchev–Trinajstić information content (AvgIpc) is 2.21. The fourth-order valence-corrected chi connectivity index (χ4v) is 1.87. The minimum absolute atomic E-state index is 0.620. The van der Waals surface area contributed by atoms with E-state index in [0.29, 0.717) is 5.92 Å². The van der Waals surface area contributed by atoms with Gasteiger partial charge in [-0.05, 0) is 25.3 Å². The zero-order chi connectivity index (χ0) is 12.7. The summed E-state index contributed by atoms with van der Waals surface area (Å²) < 4.78 is 5.52. The van der Waals surface area contributed by atoms with Gasteiger partial charge in [0.1, 0.15) is 0 Å². The molecule has 17 heavy (non-hydrogen) atoms. The number of hydrogen-bond acceptors (Lipinski definition) is 2. The van der Waals surface area contributed by atoms with Crippen molar-refractivity contribution < 1.29 is 4.74 Å². The second-order valence-corrected chi connectivity index (χ2v) is 5.14. The van der Waals surface area contributed by atoms with Gasteiger partial charge in [-0.1, -0.05) is 43.2 Å². The van der Waals surface area contributed by atoms with Crippen molar-refractivity contribution in [2.24, 2.45) is 5.92 Å². The van der Waals surface area contributed by atoms with Gasteiger partial charge in [0, 0.05) is 19.7 Å². The smallest absolute Gasteiger partial charge is 0.0591 e. The van der Waals surface area contributed by atoms with Crippen LogP contribution < -0.4 is 5.32 Å². The van der Waals surface area contributed by atoms with Crippen molar-refractivity contribution >= 4 is 0 Å². The molecule has 1 aromatic rings. The Balaban J connectivity index is 2.18. The quantitative estimate of drug-likeness (QED) is 0.733. The Hall–Kier alpha value is -0.860. The van der Waals surface area contributed by atoms with E-state index in [9.17, 15) is 0 Å². The molecule has 0 saturated carbocycles. The van der Waals surface area contributed by atoms with Gasteiger partial charge in [-0.3, -0.25) is 0 Å². The Kier molecular flexibility index (Phi) is 6.23. The molecule has 0 amide bonds. The van der Waals surface area contributed by atoms with E-state index in [0.717, 1.165) is 26.3 Å². The number of rotatable bonds is 7. The molecule has 0 aliphatic carbocycles. The fourth-order valence-electron chi connectivity index (χ4n) is 1.87. The molecule has 0 saturated heterocycles. The third-order valence-corrected chi connectivity index (χ3v) is 2.48. The van der Waals surface area contributed by atoms with Gasteiger partial charge in [0.05, 0.1) is 6.61 Å². The summed E-state index contributed by atoms with van der Waals surface area (Å²) in [6.45, 7) is 12.1. The normalized spacial score (nSPS) is 11.1. The SMILES string of the molecule is Cc1cc(C)cc(CNCCOCC(C)C)c1. The molecule has 0 aromatic heterocycles. The van der Waals surface area contributed by atoms with Crippen molar-refractivity contribution in [3.8, 4) is 0 Å². The second-order valence-electron chi connectivity index (χ2n) is 5.14. The van der Waals surface area contributed by atoms with Crippen LogP contribution in [0.5, 0.6) is 0 Å². The van der Waals surface area contributed by atoms with Crippen molar-refractivity contribution in [1.82, 2.24) is 5.32 Å². The maximum atomic E-state index is 5.52. The molecule has 2 nitrogen and oxygen atoms in total. The van der Waals surface area contributed by atoms with Gasteiger partial charge in [0.2, 0.25) is 0 Å². The Bertz CT molecular complexity index is 313. The maximum absolute atomic E-state index is 5.52. The molecule has 1 N–H and O–H groups in total. The van der Waals surface area contributed by atoms with Crippen LogP contribution in [0, 0.1) is 19.8 Å². The molecular formula is C15H25NO. The van der Waals surface area contributed by atoms with Crippen LogP contribution in [0.1, 0.15) is 30.5 Å². The van der Waals surface area contributed by atoms with Crippen molar-refractivity contribution in [3.05, 3.63) is 34.9 Å². The fraction of sp³-hybridized carbons (Fsp3) is 0.600. The van der Waals surface area contributed by atoms with Gasteiger partial charge in [0.25, 0.3) is 0 Å². The third kappa shape index (κ3) is 6.44. The molecule has 0 fully saturated rings. The van der Waals surface area contributed by atoms with E-state index < -0.39 is 0 Å². The first kappa shape index (κ1) is 14.2. The van der Waals surface area contributed by atoms with Crippen LogP contribution in [-0.4, -0.2) is 19.8 Å². The first-order valence-corrected chi connectivity index (χ1v) is 6.43. The Labute approximate surface area is 105 Å². The highest BCUT2D eigenvalue weighted by atomic mass is 16.5. The van der Waals surface area contributed by atoms with E-state index in [2.05, 4.69) is 51.2 Å². The molecule has 0 bridgehead atoms. The maximum Gasteiger partial charge on any atom is 0.0591 e. The second kappa shape index (κ2) is 7.46. The molecule has 0 radical (unpaired) electrons. The number of benzene rings is 1. The lowest BCUT2D eigenvalue weighted by Gasteiger charge is -2.09. The zero-order valence-corrected chi connectivity index (χ0v) is 11.5. The first-order chi connectivity index (χ1) is 8.08. The van der Waals surface area contributed by atoms with Crippen LogP contribution in [0.15, 0.2) is 18.2 Å². The summed E-state index contributed by atoms with van der Waals surface area (Å²) in [5, 5.41) is 3.40. The van der Waals surface area contributed by atoms with Crippen molar-refractivity contribution in [3.63, 3.8) is 0 Å². The van der Waals surface area contributed by atoms with E-state index >= 15 is 0 Å². The van der Waals surface area contributed by atoms with Crippen LogP contribution in [0.3, 0.4) is 0 Å². The highest BCUT2D eigenvalue weighted by Gasteiger charge is 1.96. The number of aryl methyl sites for hydroxylation is 2. The van der Waals surface area contributed by atoms with Crippen LogP contribution >= 0.6 is 0 Å². The summed E-state index contributed by atoms with van der Waals surface area (Å²) >= 11 is 0. The number of ether oxygens (including phenoxy) is 1. The van der Waals surface area contributed by atoms with Crippen molar-refractivity contribution in [1.29, 1.82) is 0 Å². The van der Waals surface area contributed by atoms with E-state index in [1.165, 1.54) is 16.7 Å². The molecule has 1 rings (SSSR count). The van der Waals surface area contributed by atoms with Crippen LogP contribution in [0.2, 0.25) is 0 Å². The molecule has 0 aliphatic rings. The van der Waals surface area contributed by atoms with Crippen molar-refractivity contribution in [2.45, 2.75) is 34.2 Å². The molecule has 1 aromatic carbocycles. The average molecular weight is 235 g/mol. The minimum Gasteiger partial charge on any atom is -0.380 e. The van der Waals surface area contributed by atoms with Gasteiger partial charge < -0.3 is 10.1 Å². The summed E-state index contributed by atoms with van der Waals surface area (Å²) in [5.41, 5.74) is 4.02. The molecule has 2 heteroatoms. The predicted octanol–water partition coefficient (Wildman–Crippen LogP) is 3.07. The summed E-state index contributed by atoms with van der Waals surface area (Å²) in [6, 6.07) is 6.67. The van der Waals surface area contributed by atoms with Gasteiger partial charge in [0.15, 0.2) is 0 Å². The van der Waals surface area contributed by atoms with E-state index in [1.807, 2.05) is 0 Å². The highest BCUT2D eigenvalue weighted by molar-refractivity contribution is 5.28. The Morgan fingerprint density at radius 3 is 2.35 bits per heavy atom. The number of hydrogen-bond donors (Lipinski definition) is 1. The Morgan fingerprint density at radius 2 is 1.76 bits per heavy atom. The van der Waals surface area contributed by atoms with Gasteiger partial charge in [-0.2, -0.15) is 0 Å². The molecule has 0 aliphatic heterocycles. The first-order valence-electron chi connectivity index (χ1n) is 6.43. The van der Waals surface area contributed by atoms with Gasteiger partial charge >= 0.3 is 0 Å². The molecule has 96 valence electrons. The van der Waals surface area contributed by atoms with E-state index in [-0.39, 0.29) is 0 Å². The lowest BCUT2D eigenvalue weighted by atomic mass is 10.1. The molecule has 0 unspecified atom stereocenters. The standard InChI is InChI=1S/C15H25NO/c1-12(2)11-17-6-5-16-10-15-8-13(3)7-14(4)9-15/h7-9,12,16H,5-6,10-11H2,1-4H3. The minimum atomic E-state index is 0.620. The summed E-state index contributed by atoms with van der Waals surface area (Å²) in [4.78, 5) is 0. The lowest BCUT2D eigenvalue weighted by molar-refractivity contribution is 0.111. The van der Waals surface area contributed by atoms with Gasteiger partial charge in [-0.15, -0.1) is 0 Å². The van der Waals surface area contributed by atoms with Crippen LogP contribution in [0.25, 0.3) is 0 Å². The molecular weight excluding hydrogens is 210 g/mol. The Morgan fingerprint density at radius 1 is 1.12 bits per heavy atom. The number of nitrogens with one attached hydrogen (secondary N) is 1. The molecule has 0 heterocycles. The molecule has 0 atom stereocenters. The van der Waals surface area contributed by atoms with Crippen LogP contribution in [-0.2, 0) is 11.3 Å². The predicted molar refractivity (Wildman–Crippen MR) is 73.3 cm³/mol. The summed E-state index contributed by atoms with van der Waals surface area (Å²) in [7, 11) is 0. The van der Waals surface area contributed by atoms with Gasteiger partial charge in [-0.25, -0.2) is 0 Å². The van der Waals surface area contributed by atoms with E-state index in [4.69, 9.17) is 4.74 Å². The highest BCUT2D eigenvalue weighted by Crippen LogP contribution is 2.08. The summed E-state index contributed by atoms with van der Waals surface area (Å²) in [5.74, 6) is 0.620. The van der Waals surface area contributed by atoms with Crippen LogP contribution in [0.4, 0.5) is 0 Å². The monoisotopic (exact) mass is 235 g/mol.